The average molecular weight is 413 g/mol. The Hall–Kier alpha value is -2.25. The van der Waals surface area contributed by atoms with Crippen LogP contribution in [0.4, 0.5) is 0 Å². The molecule has 4 rings (SSSR count). The molecule has 1 atom stereocenters. The molecule has 1 unspecified atom stereocenters. The van der Waals surface area contributed by atoms with Crippen LogP contribution in [0.5, 0.6) is 0 Å². The summed E-state index contributed by atoms with van der Waals surface area (Å²) >= 11 is 0. The van der Waals surface area contributed by atoms with Gasteiger partial charge in [0.05, 0.1) is 0 Å². The number of carbonyl (C=O) groups excluding carboxylic acids is 3. The maximum absolute atomic E-state index is 13.2. The third-order valence-electron chi connectivity index (χ3n) is 6.58. The molecule has 30 heavy (non-hydrogen) atoms. The first-order chi connectivity index (χ1) is 14.6. The van der Waals surface area contributed by atoms with E-state index in [0.29, 0.717) is 19.0 Å². The highest BCUT2D eigenvalue weighted by molar-refractivity contribution is 6.05. The number of piperidine rings is 2. The molecule has 1 aromatic rings. The molecule has 0 saturated carbocycles. The van der Waals surface area contributed by atoms with Crippen LogP contribution in [0.15, 0.2) is 18.2 Å². The highest BCUT2D eigenvalue weighted by Gasteiger charge is 2.40. The first kappa shape index (κ1) is 21.0. The summed E-state index contributed by atoms with van der Waals surface area (Å²) in [6, 6.07) is 6.07. The van der Waals surface area contributed by atoms with Crippen LogP contribution in [0.1, 0.15) is 66.9 Å². The first-order valence-electron chi connectivity index (χ1n) is 11.3. The summed E-state index contributed by atoms with van der Waals surface area (Å²) in [4.78, 5) is 41.0. The normalized spacial score (nSPS) is 23.0. The number of amides is 3. The van der Waals surface area contributed by atoms with Crippen molar-refractivity contribution in [2.45, 2.75) is 70.6 Å². The van der Waals surface area contributed by atoms with Gasteiger partial charge in [0.2, 0.25) is 11.8 Å². The summed E-state index contributed by atoms with van der Waals surface area (Å²) in [6.07, 6.45) is 5.39. The molecular weight excluding hydrogens is 380 g/mol. The van der Waals surface area contributed by atoms with Gasteiger partial charge in [-0.2, -0.15) is 0 Å². The zero-order valence-corrected chi connectivity index (χ0v) is 17.8. The molecule has 2 fully saturated rings. The Bertz CT molecular complexity index is 817. The fourth-order valence-electron chi connectivity index (χ4n) is 4.84. The minimum Gasteiger partial charge on any atom is -0.322 e. The lowest BCUT2D eigenvalue weighted by Gasteiger charge is -2.33. The predicted molar refractivity (Wildman–Crippen MR) is 114 cm³/mol. The van der Waals surface area contributed by atoms with Gasteiger partial charge in [-0.25, -0.2) is 0 Å². The van der Waals surface area contributed by atoms with Crippen LogP contribution in [0.2, 0.25) is 0 Å². The molecule has 2 saturated heterocycles. The Kier molecular flexibility index (Phi) is 6.49. The van der Waals surface area contributed by atoms with Gasteiger partial charge in [-0.3, -0.25) is 24.6 Å². The Labute approximate surface area is 178 Å². The zero-order chi connectivity index (χ0) is 21.1. The number of hydrogen-bond donors (Lipinski definition) is 2. The minimum absolute atomic E-state index is 0.0776. The van der Waals surface area contributed by atoms with E-state index in [1.807, 2.05) is 18.2 Å². The number of imide groups is 1. The molecule has 0 radical (unpaired) electrons. The summed E-state index contributed by atoms with van der Waals surface area (Å²) in [5, 5.41) is 6.03. The van der Waals surface area contributed by atoms with E-state index in [-0.39, 0.29) is 24.1 Å². The molecule has 3 amide bonds. The summed E-state index contributed by atoms with van der Waals surface area (Å²) < 4.78 is 0. The summed E-state index contributed by atoms with van der Waals surface area (Å²) in [5.41, 5.74) is 2.79. The van der Waals surface area contributed by atoms with Crippen LogP contribution in [0.3, 0.4) is 0 Å². The second-order valence-corrected chi connectivity index (χ2v) is 8.71. The SMILES string of the molecule is CCCCNC1CCN(Cc2cccc3c2C(=O)N(C2CCC(=O)NC2=O)C3)CC1. The van der Waals surface area contributed by atoms with Crippen molar-refractivity contribution in [3.63, 3.8) is 0 Å². The number of nitrogens with one attached hydrogen (secondary N) is 2. The third-order valence-corrected chi connectivity index (χ3v) is 6.58. The number of benzene rings is 1. The van der Waals surface area contributed by atoms with Gasteiger partial charge in [-0.05, 0) is 56.4 Å². The Morgan fingerprint density at radius 3 is 2.67 bits per heavy atom. The summed E-state index contributed by atoms with van der Waals surface area (Å²) in [7, 11) is 0. The molecule has 0 aliphatic carbocycles. The van der Waals surface area contributed by atoms with E-state index in [2.05, 4.69) is 22.5 Å². The number of hydrogen-bond acceptors (Lipinski definition) is 5. The van der Waals surface area contributed by atoms with Crippen molar-refractivity contribution in [1.82, 2.24) is 20.4 Å². The van der Waals surface area contributed by atoms with Gasteiger partial charge in [0.1, 0.15) is 6.04 Å². The highest BCUT2D eigenvalue weighted by atomic mass is 16.2. The fourth-order valence-corrected chi connectivity index (χ4v) is 4.84. The number of nitrogens with zero attached hydrogens (tertiary/aromatic N) is 2. The fraction of sp³-hybridized carbons (Fsp3) is 0.609. The molecule has 7 heteroatoms. The second kappa shape index (κ2) is 9.27. The number of likely N-dealkylation sites (tertiary alicyclic amines) is 1. The molecule has 3 heterocycles. The van der Waals surface area contributed by atoms with Crippen molar-refractivity contribution in [3.05, 3.63) is 34.9 Å². The van der Waals surface area contributed by atoms with Crippen molar-refractivity contribution < 1.29 is 14.4 Å². The van der Waals surface area contributed by atoms with Gasteiger partial charge in [0.15, 0.2) is 0 Å². The molecule has 0 bridgehead atoms. The second-order valence-electron chi connectivity index (χ2n) is 8.71. The van der Waals surface area contributed by atoms with E-state index in [1.165, 1.54) is 12.8 Å². The van der Waals surface area contributed by atoms with Gasteiger partial charge in [0.25, 0.3) is 5.91 Å². The summed E-state index contributed by atoms with van der Waals surface area (Å²) in [5.74, 6) is -0.688. The molecule has 2 N–H and O–H groups in total. The standard InChI is InChI=1S/C23H32N4O3/c1-2-3-11-24-18-9-12-26(13-10-18)14-16-5-4-6-17-15-27(23(30)21(16)17)19-7-8-20(28)25-22(19)29/h4-6,18-19,24H,2-3,7-15H2,1H3,(H,25,28,29). The van der Waals surface area contributed by atoms with Crippen molar-refractivity contribution in [1.29, 1.82) is 0 Å². The van der Waals surface area contributed by atoms with Gasteiger partial charge in [-0.15, -0.1) is 0 Å². The number of carbonyl (C=O) groups is 3. The average Bonchev–Trinajstić information content (AvgIpc) is 3.07. The lowest BCUT2D eigenvalue weighted by atomic mass is 10.00. The number of unbranched alkanes of at least 4 members (excludes halogenated alkanes) is 1. The predicted octanol–water partition coefficient (Wildman–Crippen LogP) is 1.80. The van der Waals surface area contributed by atoms with Gasteiger partial charge in [0, 0.05) is 31.1 Å². The van der Waals surface area contributed by atoms with E-state index in [1.54, 1.807) is 4.90 Å². The van der Waals surface area contributed by atoms with E-state index in [9.17, 15) is 14.4 Å². The first-order valence-corrected chi connectivity index (χ1v) is 11.3. The maximum atomic E-state index is 13.2. The molecule has 3 aliphatic heterocycles. The number of rotatable bonds is 7. The smallest absolute Gasteiger partial charge is 0.255 e. The van der Waals surface area contributed by atoms with E-state index in [0.717, 1.165) is 55.7 Å². The molecule has 162 valence electrons. The monoisotopic (exact) mass is 412 g/mol. The largest absolute Gasteiger partial charge is 0.322 e. The van der Waals surface area contributed by atoms with Gasteiger partial charge in [-0.1, -0.05) is 31.5 Å². The maximum Gasteiger partial charge on any atom is 0.255 e. The molecule has 0 spiro atoms. The Morgan fingerprint density at radius 2 is 1.93 bits per heavy atom. The zero-order valence-electron chi connectivity index (χ0n) is 17.8. The van der Waals surface area contributed by atoms with E-state index >= 15 is 0 Å². The highest BCUT2D eigenvalue weighted by Crippen LogP contribution is 2.30. The third kappa shape index (κ3) is 4.42. The van der Waals surface area contributed by atoms with Crippen molar-refractivity contribution >= 4 is 17.7 Å². The quantitative estimate of drug-likeness (QED) is 0.527. The Balaban J connectivity index is 1.39. The lowest BCUT2D eigenvalue weighted by molar-refractivity contribution is -0.136. The molecule has 0 aromatic heterocycles. The van der Waals surface area contributed by atoms with E-state index in [4.69, 9.17) is 0 Å². The number of fused-ring (bicyclic) bond motifs is 1. The van der Waals surface area contributed by atoms with Crippen molar-refractivity contribution in [2.75, 3.05) is 19.6 Å². The molecule has 3 aliphatic rings. The van der Waals surface area contributed by atoms with Crippen molar-refractivity contribution in [3.8, 4) is 0 Å². The van der Waals surface area contributed by atoms with Crippen LogP contribution in [-0.2, 0) is 22.7 Å². The van der Waals surface area contributed by atoms with Crippen LogP contribution >= 0.6 is 0 Å². The minimum atomic E-state index is -0.555. The molecular formula is C23H32N4O3. The lowest BCUT2D eigenvalue weighted by Crippen LogP contribution is -2.52. The van der Waals surface area contributed by atoms with Crippen molar-refractivity contribution in [2.24, 2.45) is 0 Å². The Morgan fingerprint density at radius 1 is 1.13 bits per heavy atom. The summed E-state index contributed by atoms with van der Waals surface area (Å²) in [6.45, 7) is 6.57. The van der Waals surface area contributed by atoms with Crippen LogP contribution in [0, 0.1) is 0 Å². The van der Waals surface area contributed by atoms with Gasteiger partial charge >= 0.3 is 0 Å². The molecule has 7 nitrogen and oxygen atoms in total. The van der Waals surface area contributed by atoms with Gasteiger partial charge < -0.3 is 10.2 Å². The van der Waals surface area contributed by atoms with Crippen LogP contribution < -0.4 is 10.6 Å². The van der Waals surface area contributed by atoms with E-state index < -0.39 is 6.04 Å². The van der Waals surface area contributed by atoms with Crippen LogP contribution in [0.25, 0.3) is 0 Å². The molecule has 1 aromatic carbocycles. The van der Waals surface area contributed by atoms with Crippen LogP contribution in [-0.4, -0.2) is 59.2 Å². The topological polar surface area (TPSA) is 81.8 Å².